The molecule has 0 saturated heterocycles. The molecule has 0 spiro atoms. The van der Waals surface area contributed by atoms with Crippen molar-refractivity contribution in [3.05, 3.63) is 49.4 Å². The highest BCUT2D eigenvalue weighted by molar-refractivity contribution is 6.48. The normalized spacial score (nSPS) is 10.6. The summed E-state index contributed by atoms with van der Waals surface area (Å²) in [5, 5.41) is 1.95. The maximum absolute atomic E-state index is 6.20. The van der Waals surface area contributed by atoms with E-state index in [2.05, 4.69) is 0 Å². The third-order valence-corrected chi connectivity index (χ3v) is 4.34. The summed E-state index contributed by atoms with van der Waals surface area (Å²) in [6, 6.07) is 6.69. The summed E-state index contributed by atoms with van der Waals surface area (Å²) in [6.45, 7) is 0. The van der Waals surface area contributed by atoms with Gasteiger partial charge in [0.05, 0.1) is 32.2 Å². The predicted octanol–water partition coefficient (Wildman–Crippen LogP) is 6.63. The van der Waals surface area contributed by atoms with Gasteiger partial charge in [-0.15, -0.1) is 0 Å². The molecule has 0 N–H and O–H groups in total. The highest BCUT2D eigenvalue weighted by Gasteiger charge is 2.13. The number of hydrogen-bond donors (Lipinski definition) is 0. The zero-order valence-corrected chi connectivity index (χ0v) is 13.4. The lowest BCUT2D eigenvalue weighted by Gasteiger charge is -2.10. The van der Waals surface area contributed by atoms with Crippen LogP contribution in [0.4, 0.5) is 0 Å². The Hall–Kier alpha value is -0.310. The molecule has 0 bridgehead atoms. The SMILES string of the molecule is COc1cc(Cl)c(-c2cc(Cl)c(Cl)c(Cl)c2)cc1Cl. The zero-order valence-electron chi connectivity index (χ0n) is 9.61. The average Bonchev–Trinajstić information content (AvgIpc) is 2.37. The van der Waals surface area contributed by atoms with Crippen LogP contribution in [0.1, 0.15) is 0 Å². The summed E-state index contributed by atoms with van der Waals surface area (Å²) in [5.41, 5.74) is 1.43. The summed E-state index contributed by atoms with van der Waals surface area (Å²) >= 11 is 30.2. The van der Waals surface area contributed by atoms with Gasteiger partial charge in [0.25, 0.3) is 0 Å². The molecule has 0 aliphatic heterocycles. The van der Waals surface area contributed by atoms with E-state index in [1.54, 1.807) is 24.3 Å². The Morgan fingerprint density at radius 1 is 0.737 bits per heavy atom. The molecule has 0 amide bonds. The van der Waals surface area contributed by atoms with Crippen LogP contribution < -0.4 is 4.74 Å². The van der Waals surface area contributed by atoms with E-state index >= 15 is 0 Å². The summed E-state index contributed by atoms with van der Waals surface area (Å²) in [5.74, 6) is 0.501. The lowest BCUT2D eigenvalue weighted by molar-refractivity contribution is 0.415. The molecule has 2 aromatic carbocycles. The van der Waals surface area contributed by atoms with Crippen LogP contribution in [0, 0.1) is 0 Å². The molecular formula is C13H7Cl5O. The van der Waals surface area contributed by atoms with Crippen LogP contribution in [0.25, 0.3) is 11.1 Å². The first-order chi connectivity index (χ1) is 8.93. The van der Waals surface area contributed by atoms with Crippen molar-refractivity contribution in [3.63, 3.8) is 0 Å². The first-order valence-electron chi connectivity index (χ1n) is 5.12. The molecule has 0 atom stereocenters. The highest BCUT2D eigenvalue weighted by Crippen LogP contribution is 2.40. The number of benzene rings is 2. The lowest BCUT2D eigenvalue weighted by atomic mass is 10.1. The van der Waals surface area contributed by atoms with Gasteiger partial charge < -0.3 is 4.74 Å². The van der Waals surface area contributed by atoms with Gasteiger partial charge >= 0.3 is 0 Å². The van der Waals surface area contributed by atoms with Crippen LogP contribution in [0.3, 0.4) is 0 Å². The molecule has 1 nitrogen and oxygen atoms in total. The van der Waals surface area contributed by atoms with Crippen molar-refractivity contribution in [2.24, 2.45) is 0 Å². The van der Waals surface area contributed by atoms with E-state index in [-0.39, 0.29) is 0 Å². The van der Waals surface area contributed by atoms with Crippen LogP contribution in [0.5, 0.6) is 5.75 Å². The molecule has 0 heterocycles. The summed E-state index contributed by atoms with van der Waals surface area (Å²) in [6.07, 6.45) is 0. The van der Waals surface area contributed by atoms with Gasteiger partial charge in [-0.05, 0) is 23.8 Å². The molecule has 0 aliphatic carbocycles. The number of methoxy groups -OCH3 is 1. The first kappa shape index (κ1) is 15.1. The smallest absolute Gasteiger partial charge is 0.138 e. The van der Waals surface area contributed by atoms with Gasteiger partial charge in [0.15, 0.2) is 0 Å². The Morgan fingerprint density at radius 3 is 1.84 bits per heavy atom. The first-order valence-corrected chi connectivity index (χ1v) is 7.01. The number of halogens is 5. The molecule has 19 heavy (non-hydrogen) atoms. The second-order valence-electron chi connectivity index (χ2n) is 3.72. The van der Waals surface area contributed by atoms with E-state index in [0.717, 1.165) is 5.56 Å². The van der Waals surface area contributed by atoms with E-state index in [9.17, 15) is 0 Å². The minimum absolute atomic E-state index is 0.308. The van der Waals surface area contributed by atoms with Crippen LogP contribution in [0.15, 0.2) is 24.3 Å². The third kappa shape index (κ3) is 3.07. The van der Waals surface area contributed by atoms with E-state index in [0.29, 0.717) is 36.4 Å². The molecule has 0 aromatic heterocycles. The Kier molecular flexibility index (Phi) is 4.75. The minimum atomic E-state index is 0.308. The largest absolute Gasteiger partial charge is 0.495 e. The quantitative estimate of drug-likeness (QED) is 0.549. The van der Waals surface area contributed by atoms with E-state index in [1.807, 2.05) is 0 Å². The van der Waals surface area contributed by atoms with Gasteiger partial charge in [-0.1, -0.05) is 58.0 Å². The summed E-state index contributed by atoms with van der Waals surface area (Å²) in [7, 11) is 1.52. The fourth-order valence-electron chi connectivity index (χ4n) is 1.62. The van der Waals surface area contributed by atoms with Gasteiger partial charge in [-0.3, -0.25) is 0 Å². The fraction of sp³-hybridized carbons (Fsp3) is 0.0769. The van der Waals surface area contributed by atoms with Gasteiger partial charge in [-0.2, -0.15) is 0 Å². The van der Waals surface area contributed by atoms with Crippen molar-refractivity contribution in [1.82, 2.24) is 0 Å². The second kappa shape index (κ2) is 5.99. The number of hydrogen-bond acceptors (Lipinski definition) is 1. The third-order valence-electron chi connectivity index (χ3n) is 2.54. The average molecular weight is 356 g/mol. The minimum Gasteiger partial charge on any atom is -0.495 e. The molecule has 0 unspecified atom stereocenters. The molecule has 100 valence electrons. The monoisotopic (exact) mass is 354 g/mol. The van der Waals surface area contributed by atoms with Gasteiger partial charge in [0.1, 0.15) is 5.75 Å². The van der Waals surface area contributed by atoms with Crippen molar-refractivity contribution in [3.8, 4) is 16.9 Å². The van der Waals surface area contributed by atoms with Gasteiger partial charge in [-0.25, -0.2) is 0 Å². The molecular weight excluding hydrogens is 349 g/mol. The van der Waals surface area contributed by atoms with Crippen molar-refractivity contribution in [2.75, 3.05) is 7.11 Å². The molecule has 2 rings (SSSR count). The Labute approximate surface area is 135 Å². The maximum Gasteiger partial charge on any atom is 0.138 e. The highest BCUT2D eigenvalue weighted by atomic mass is 35.5. The Balaban J connectivity index is 2.62. The summed E-state index contributed by atoms with van der Waals surface area (Å²) in [4.78, 5) is 0. The van der Waals surface area contributed by atoms with Crippen molar-refractivity contribution < 1.29 is 4.74 Å². The molecule has 0 radical (unpaired) electrons. The van der Waals surface area contributed by atoms with Crippen LogP contribution in [-0.2, 0) is 0 Å². The van der Waals surface area contributed by atoms with Crippen molar-refractivity contribution in [2.45, 2.75) is 0 Å². The number of rotatable bonds is 2. The van der Waals surface area contributed by atoms with Crippen LogP contribution in [0.2, 0.25) is 25.1 Å². The van der Waals surface area contributed by atoms with Crippen LogP contribution in [-0.4, -0.2) is 7.11 Å². The fourth-order valence-corrected chi connectivity index (χ4v) is 2.72. The molecule has 0 aliphatic rings. The maximum atomic E-state index is 6.20. The molecule has 0 fully saturated rings. The van der Waals surface area contributed by atoms with Crippen molar-refractivity contribution in [1.29, 1.82) is 0 Å². The Morgan fingerprint density at radius 2 is 1.32 bits per heavy atom. The van der Waals surface area contributed by atoms with Gasteiger partial charge in [0.2, 0.25) is 0 Å². The van der Waals surface area contributed by atoms with E-state index in [4.69, 9.17) is 62.7 Å². The van der Waals surface area contributed by atoms with Gasteiger partial charge in [0, 0.05) is 11.6 Å². The second-order valence-corrected chi connectivity index (χ2v) is 5.73. The Bertz CT molecular complexity index is 616. The lowest BCUT2D eigenvalue weighted by Crippen LogP contribution is -1.87. The standard InChI is InChI=1S/C13H7Cl5O/c1-19-12-5-8(14)7(4-9(12)15)6-2-10(16)13(18)11(17)3-6/h2-5H,1H3. The topological polar surface area (TPSA) is 9.23 Å². The molecule has 6 heteroatoms. The molecule has 2 aromatic rings. The molecule has 0 saturated carbocycles. The summed E-state index contributed by atoms with van der Waals surface area (Å²) < 4.78 is 5.09. The zero-order chi connectivity index (χ0) is 14.2. The van der Waals surface area contributed by atoms with E-state index in [1.165, 1.54) is 7.11 Å². The number of ether oxygens (including phenoxy) is 1. The van der Waals surface area contributed by atoms with Crippen molar-refractivity contribution >= 4 is 58.0 Å². The predicted molar refractivity (Wildman–Crippen MR) is 83.5 cm³/mol. The van der Waals surface area contributed by atoms with E-state index < -0.39 is 0 Å². The van der Waals surface area contributed by atoms with Crippen LogP contribution >= 0.6 is 58.0 Å².